The van der Waals surface area contributed by atoms with E-state index in [2.05, 4.69) is 4.98 Å². The van der Waals surface area contributed by atoms with Crippen LogP contribution in [0.2, 0.25) is 0 Å². The first-order valence-corrected chi connectivity index (χ1v) is 4.19. The maximum Gasteiger partial charge on any atom is 0.337 e. The highest BCUT2D eigenvalue weighted by Gasteiger charge is 2.09. The Balaban J connectivity index is 2.89. The molecule has 0 saturated carbocycles. The molecular weight excluding hydrogens is 182 g/mol. The van der Waals surface area contributed by atoms with Crippen molar-refractivity contribution in [2.24, 2.45) is 0 Å². The topological polar surface area (TPSA) is 62.2 Å². The van der Waals surface area contributed by atoms with Crippen LogP contribution in [0.15, 0.2) is 30.8 Å². The molecule has 4 nitrogen and oxygen atoms in total. The monoisotopic (exact) mass is 192 g/mol. The first-order chi connectivity index (χ1) is 6.79. The fraction of sp³-hybridized carbons (Fsp3) is 0.200. The van der Waals surface area contributed by atoms with Crippen molar-refractivity contribution in [3.8, 4) is 0 Å². The zero-order valence-electron chi connectivity index (χ0n) is 7.77. The van der Waals surface area contributed by atoms with Gasteiger partial charge in [-0.2, -0.15) is 0 Å². The quantitative estimate of drug-likeness (QED) is 0.393. The number of esters is 1. The van der Waals surface area contributed by atoms with Crippen LogP contribution in [0, 0.1) is 0 Å². The highest BCUT2D eigenvalue weighted by atomic mass is 16.5. The molecule has 0 radical (unpaired) electrons. The predicted octanol–water partition coefficient (Wildman–Crippen LogP) is 0.346. The fourth-order valence-corrected chi connectivity index (χ4v) is 0.974. The van der Waals surface area contributed by atoms with Crippen LogP contribution < -0.4 is 5.11 Å². The minimum atomic E-state index is -0.603. The highest BCUT2D eigenvalue weighted by Crippen LogP contribution is 2.13. The molecule has 1 aromatic heterocycles. The molecule has 0 bridgehead atoms. The number of hydrogen-bond acceptors (Lipinski definition) is 4. The molecular formula is C10H10NO3-. The molecule has 4 heteroatoms. The molecule has 0 aromatic carbocycles. The van der Waals surface area contributed by atoms with E-state index in [1.807, 2.05) is 0 Å². The molecule has 0 aliphatic heterocycles. The van der Waals surface area contributed by atoms with E-state index in [9.17, 15) is 9.90 Å². The van der Waals surface area contributed by atoms with Gasteiger partial charge >= 0.3 is 5.97 Å². The lowest BCUT2D eigenvalue weighted by Gasteiger charge is -2.08. The molecule has 1 rings (SSSR count). The van der Waals surface area contributed by atoms with Gasteiger partial charge in [0.05, 0.1) is 12.2 Å². The van der Waals surface area contributed by atoms with Crippen molar-refractivity contribution < 1.29 is 14.6 Å². The smallest absolute Gasteiger partial charge is 0.337 e. The standard InChI is InChI=1S/C10H11NO3/c1-2-14-10(13)9(7-12)8-3-5-11-6-4-8/h3-7,12H,2H2,1H3/p-1/b9-7-. The number of pyridine rings is 1. The van der Waals surface area contributed by atoms with Gasteiger partial charge in [0.2, 0.25) is 0 Å². The Labute approximate surface area is 81.9 Å². The van der Waals surface area contributed by atoms with Gasteiger partial charge in [0.15, 0.2) is 0 Å². The van der Waals surface area contributed by atoms with Crippen molar-refractivity contribution in [1.82, 2.24) is 4.98 Å². The molecule has 0 amide bonds. The third-order valence-electron chi connectivity index (χ3n) is 1.60. The van der Waals surface area contributed by atoms with Crippen molar-refractivity contribution in [2.45, 2.75) is 6.92 Å². The summed E-state index contributed by atoms with van der Waals surface area (Å²) in [6.45, 7) is 1.94. The largest absolute Gasteiger partial charge is 0.877 e. The molecule has 0 fully saturated rings. The minimum Gasteiger partial charge on any atom is -0.877 e. The lowest BCUT2D eigenvalue weighted by Crippen LogP contribution is -2.09. The van der Waals surface area contributed by atoms with Gasteiger partial charge in [-0.15, -0.1) is 6.26 Å². The molecule has 1 heterocycles. The molecule has 1 aromatic rings. The molecule has 0 aliphatic rings. The SMILES string of the molecule is CCOC(=O)/C(=C\[O-])c1ccncc1. The highest BCUT2D eigenvalue weighted by molar-refractivity contribution is 6.15. The van der Waals surface area contributed by atoms with Crippen molar-refractivity contribution in [3.63, 3.8) is 0 Å². The van der Waals surface area contributed by atoms with E-state index in [0.29, 0.717) is 11.8 Å². The third-order valence-corrected chi connectivity index (χ3v) is 1.60. The third kappa shape index (κ3) is 2.32. The summed E-state index contributed by atoms with van der Waals surface area (Å²) in [7, 11) is 0. The number of carbonyl (C=O) groups excluding carboxylic acids is 1. The lowest BCUT2D eigenvalue weighted by molar-refractivity contribution is -0.273. The summed E-state index contributed by atoms with van der Waals surface area (Å²) in [5.74, 6) is -0.603. The van der Waals surface area contributed by atoms with E-state index in [-0.39, 0.29) is 12.2 Å². The Morgan fingerprint density at radius 3 is 2.71 bits per heavy atom. The number of aromatic nitrogens is 1. The average Bonchev–Trinajstić information content (AvgIpc) is 2.21. The van der Waals surface area contributed by atoms with Crippen molar-refractivity contribution >= 4 is 11.5 Å². The Bertz CT molecular complexity index is 332. The van der Waals surface area contributed by atoms with Gasteiger partial charge in [-0.25, -0.2) is 4.79 Å². The first kappa shape index (κ1) is 10.2. The number of ether oxygens (including phenoxy) is 1. The Morgan fingerprint density at radius 1 is 1.57 bits per heavy atom. The van der Waals surface area contributed by atoms with Crippen LogP contribution in [0.25, 0.3) is 5.57 Å². The summed E-state index contributed by atoms with van der Waals surface area (Å²) in [6.07, 6.45) is 3.52. The van der Waals surface area contributed by atoms with Gasteiger partial charge in [-0.3, -0.25) is 4.98 Å². The number of hydrogen-bond donors (Lipinski definition) is 0. The van der Waals surface area contributed by atoms with E-state index in [1.54, 1.807) is 19.1 Å². The van der Waals surface area contributed by atoms with E-state index < -0.39 is 5.97 Å². The van der Waals surface area contributed by atoms with Gasteiger partial charge in [0.25, 0.3) is 0 Å². The Kier molecular flexibility index (Phi) is 3.67. The number of carbonyl (C=O) groups is 1. The van der Waals surface area contributed by atoms with Gasteiger partial charge in [-0.05, 0) is 24.6 Å². The van der Waals surface area contributed by atoms with Crippen molar-refractivity contribution in [2.75, 3.05) is 6.61 Å². The van der Waals surface area contributed by atoms with Gasteiger partial charge in [0, 0.05) is 12.4 Å². The van der Waals surface area contributed by atoms with E-state index in [1.165, 1.54) is 12.4 Å². The van der Waals surface area contributed by atoms with E-state index in [4.69, 9.17) is 4.74 Å². The van der Waals surface area contributed by atoms with Gasteiger partial charge in [0.1, 0.15) is 0 Å². The van der Waals surface area contributed by atoms with Crippen LogP contribution in [0.5, 0.6) is 0 Å². The van der Waals surface area contributed by atoms with Crippen LogP contribution in [-0.4, -0.2) is 17.6 Å². The molecule has 0 unspecified atom stereocenters. The molecule has 74 valence electrons. The molecule has 0 saturated heterocycles. The van der Waals surface area contributed by atoms with Gasteiger partial charge in [-0.1, -0.05) is 0 Å². The molecule has 0 spiro atoms. The van der Waals surface area contributed by atoms with Crippen molar-refractivity contribution in [3.05, 3.63) is 36.4 Å². The zero-order valence-corrected chi connectivity index (χ0v) is 7.77. The van der Waals surface area contributed by atoms with E-state index >= 15 is 0 Å². The summed E-state index contributed by atoms with van der Waals surface area (Å²) in [4.78, 5) is 15.0. The Hall–Kier alpha value is -1.84. The van der Waals surface area contributed by atoms with Crippen LogP contribution in [0.1, 0.15) is 12.5 Å². The van der Waals surface area contributed by atoms with Crippen LogP contribution >= 0.6 is 0 Å². The zero-order chi connectivity index (χ0) is 10.4. The second-order valence-electron chi connectivity index (χ2n) is 2.49. The number of nitrogens with zero attached hydrogens (tertiary/aromatic N) is 1. The second-order valence-corrected chi connectivity index (χ2v) is 2.49. The van der Waals surface area contributed by atoms with Crippen molar-refractivity contribution in [1.29, 1.82) is 0 Å². The normalized spacial score (nSPS) is 11.1. The lowest BCUT2D eigenvalue weighted by atomic mass is 10.1. The predicted molar refractivity (Wildman–Crippen MR) is 48.8 cm³/mol. The summed E-state index contributed by atoms with van der Waals surface area (Å²) in [5.41, 5.74) is 0.544. The van der Waals surface area contributed by atoms with Gasteiger partial charge < -0.3 is 9.84 Å². The number of rotatable bonds is 3. The second kappa shape index (κ2) is 5.01. The summed E-state index contributed by atoms with van der Waals surface area (Å²) < 4.78 is 4.72. The summed E-state index contributed by atoms with van der Waals surface area (Å²) >= 11 is 0. The van der Waals surface area contributed by atoms with E-state index in [0.717, 1.165) is 0 Å². The van der Waals surface area contributed by atoms with Crippen LogP contribution in [0.3, 0.4) is 0 Å². The average molecular weight is 192 g/mol. The molecule has 0 aliphatic carbocycles. The maximum atomic E-state index is 11.3. The summed E-state index contributed by atoms with van der Waals surface area (Å²) in [6, 6.07) is 3.17. The molecule has 0 N–H and O–H groups in total. The first-order valence-electron chi connectivity index (χ1n) is 4.19. The summed E-state index contributed by atoms with van der Waals surface area (Å²) in [5, 5.41) is 10.7. The van der Waals surface area contributed by atoms with Crippen LogP contribution in [-0.2, 0) is 9.53 Å². The Morgan fingerprint density at radius 2 is 2.21 bits per heavy atom. The molecule has 14 heavy (non-hydrogen) atoms. The molecule has 0 atom stereocenters. The maximum absolute atomic E-state index is 11.3. The fourth-order valence-electron chi connectivity index (χ4n) is 0.974. The minimum absolute atomic E-state index is 0.0225. The van der Waals surface area contributed by atoms with Crippen LogP contribution in [0.4, 0.5) is 0 Å².